The molecule has 2 aliphatic heterocycles. The van der Waals surface area contributed by atoms with E-state index in [1.807, 2.05) is 24.3 Å². The summed E-state index contributed by atoms with van der Waals surface area (Å²) in [5.74, 6) is -0.443. The quantitative estimate of drug-likeness (QED) is 0.361. The van der Waals surface area contributed by atoms with Gasteiger partial charge in [-0.1, -0.05) is 71.4 Å². The number of thiocarbonyl (C=S) groups is 1. The monoisotopic (exact) mass is 520 g/mol. The normalized spacial score (nSPS) is 19.5. The molecule has 0 saturated carbocycles. The number of benzene rings is 2. The number of halogens is 2. The highest BCUT2D eigenvalue weighted by Crippen LogP contribution is 2.32. The predicted octanol–water partition coefficient (Wildman–Crippen LogP) is 5.40. The van der Waals surface area contributed by atoms with E-state index < -0.39 is 0 Å². The van der Waals surface area contributed by atoms with E-state index in [4.69, 9.17) is 40.2 Å². The molecular weight excluding hydrogens is 499 g/mol. The van der Waals surface area contributed by atoms with Gasteiger partial charge in [0.05, 0.1) is 11.0 Å². The van der Waals surface area contributed by atoms with Crippen molar-refractivity contribution >= 4 is 69.4 Å². The number of carbonyl (C=O) groups is 2. The first kappa shape index (κ1) is 24.2. The number of carbonyl (C=O) groups excluding carboxylic acids is 2. The molecule has 0 N–H and O–H groups in total. The molecule has 0 bridgehead atoms. The molecule has 0 aromatic heterocycles. The Bertz CT molecular complexity index is 1070. The maximum absolute atomic E-state index is 13.3. The third-order valence-electron chi connectivity index (χ3n) is 5.42. The second kappa shape index (κ2) is 11.0. The van der Waals surface area contributed by atoms with Gasteiger partial charge in [0, 0.05) is 29.7 Å². The summed E-state index contributed by atoms with van der Waals surface area (Å²) in [6.45, 7) is 1.48. The first-order valence-corrected chi connectivity index (χ1v) is 12.5. The summed E-state index contributed by atoms with van der Waals surface area (Å²) in [6, 6.07) is 14.6. The first-order valence-electron chi connectivity index (χ1n) is 10.5. The lowest BCUT2D eigenvalue weighted by molar-refractivity contribution is -0.137. The summed E-state index contributed by atoms with van der Waals surface area (Å²) in [7, 11) is 0. The minimum absolute atomic E-state index is 0.00258. The molecule has 1 unspecified atom stereocenters. The molecule has 2 aliphatic rings. The Morgan fingerprint density at radius 3 is 2.45 bits per heavy atom. The van der Waals surface area contributed by atoms with Crippen molar-refractivity contribution in [2.45, 2.75) is 25.5 Å². The molecule has 5 nitrogen and oxygen atoms in total. The molecule has 2 heterocycles. The van der Waals surface area contributed by atoms with Crippen LogP contribution in [0.4, 0.5) is 0 Å². The Morgan fingerprint density at radius 1 is 1.15 bits per heavy atom. The van der Waals surface area contributed by atoms with Gasteiger partial charge in [0.15, 0.2) is 0 Å². The SMILES string of the molecule is O=C(CN1C(=O)/C(=C/c2ccc(Cl)cc2)SC1=S)N(Cc1ccc(Cl)cc1)CC1CCCO1. The lowest BCUT2D eigenvalue weighted by Crippen LogP contribution is -2.44. The summed E-state index contributed by atoms with van der Waals surface area (Å²) in [4.78, 5) is 29.9. The van der Waals surface area contributed by atoms with E-state index in [0.29, 0.717) is 39.0 Å². The van der Waals surface area contributed by atoms with E-state index in [2.05, 4.69) is 0 Å². The van der Waals surface area contributed by atoms with Crippen molar-refractivity contribution in [2.24, 2.45) is 0 Å². The molecule has 1 atom stereocenters. The summed E-state index contributed by atoms with van der Waals surface area (Å²) in [6.07, 6.45) is 3.66. The van der Waals surface area contributed by atoms with Crippen LogP contribution in [0.2, 0.25) is 10.0 Å². The van der Waals surface area contributed by atoms with Crippen molar-refractivity contribution in [3.63, 3.8) is 0 Å². The van der Waals surface area contributed by atoms with Crippen LogP contribution in [0.1, 0.15) is 24.0 Å². The predicted molar refractivity (Wildman–Crippen MR) is 137 cm³/mol. The highest BCUT2D eigenvalue weighted by Gasteiger charge is 2.35. The molecule has 2 aromatic carbocycles. The van der Waals surface area contributed by atoms with Crippen LogP contribution in [-0.4, -0.2) is 51.7 Å². The second-order valence-electron chi connectivity index (χ2n) is 7.86. The van der Waals surface area contributed by atoms with Gasteiger partial charge in [-0.05, 0) is 54.3 Å². The Hall–Kier alpha value is -1.90. The molecule has 0 spiro atoms. The lowest BCUT2D eigenvalue weighted by atomic mass is 10.1. The van der Waals surface area contributed by atoms with Crippen molar-refractivity contribution < 1.29 is 14.3 Å². The van der Waals surface area contributed by atoms with Gasteiger partial charge in [-0.3, -0.25) is 14.5 Å². The summed E-state index contributed by atoms with van der Waals surface area (Å²) in [5.41, 5.74) is 1.80. The van der Waals surface area contributed by atoms with Gasteiger partial charge in [-0.15, -0.1) is 0 Å². The van der Waals surface area contributed by atoms with Crippen molar-refractivity contribution in [1.82, 2.24) is 9.80 Å². The molecule has 2 fully saturated rings. The van der Waals surface area contributed by atoms with Crippen molar-refractivity contribution in [3.05, 3.63) is 74.6 Å². The van der Waals surface area contributed by atoms with E-state index >= 15 is 0 Å². The minimum atomic E-state index is -0.267. The summed E-state index contributed by atoms with van der Waals surface area (Å²) < 4.78 is 6.12. The zero-order valence-corrected chi connectivity index (χ0v) is 20.9. The maximum atomic E-state index is 13.3. The Labute approximate surface area is 212 Å². The third-order valence-corrected chi connectivity index (χ3v) is 7.30. The minimum Gasteiger partial charge on any atom is -0.376 e. The Morgan fingerprint density at radius 2 is 1.82 bits per heavy atom. The zero-order chi connectivity index (χ0) is 23.4. The highest BCUT2D eigenvalue weighted by molar-refractivity contribution is 8.26. The van der Waals surface area contributed by atoms with Gasteiger partial charge in [0.25, 0.3) is 5.91 Å². The fourth-order valence-electron chi connectivity index (χ4n) is 3.68. The highest BCUT2D eigenvalue weighted by atomic mass is 35.5. The van der Waals surface area contributed by atoms with Crippen LogP contribution >= 0.6 is 47.2 Å². The lowest BCUT2D eigenvalue weighted by Gasteiger charge is -2.27. The molecule has 2 saturated heterocycles. The summed E-state index contributed by atoms with van der Waals surface area (Å²) in [5, 5.41) is 1.26. The van der Waals surface area contributed by atoms with Crippen LogP contribution in [0, 0.1) is 0 Å². The van der Waals surface area contributed by atoms with Gasteiger partial charge >= 0.3 is 0 Å². The van der Waals surface area contributed by atoms with Crippen molar-refractivity contribution in [2.75, 3.05) is 19.7 Å². The molecule has 2 aromatic rings. The number of nitrogens with zero attached hydrogens (tertiary/aromatic N) is 2. The number of rotatable bonds is 7. The first-order chi connectivity index (χ1) is 15.9. The molecule has 0 aliphatic carbocycles. The van der Waals surface area contributed by atoms with Crippen molar-refractivity contribution in [1.29, 1.82) is 0 Å². The van der Waals surface area contributed by atoms with Gasteiger partial charge < -0.3 is 9.64 Å². The topological polar surface area (TPSA) is 49.9 Å². The average Bonchev–Trinajstić information content (AvgIpc) is 3.40. The standard InChI is InChI=1S/C24H22Cl2N2O3S2/c25-18-7-3-16(4-8-18)12-21-23(30)28(24(32)33-21)15-22(29)27(14-20-2-1-11-31-20)13-17-5-9-19(26)10-6-17/h3-10,12,20H,1-2,11,13-15H2/b21-12-. The van der Waals surface area contributed by atoms with E-state index in [0.717, 1.165) is 24.0 Å². The number of ether oxygens (including phenoxy) is 1. The van der Waals surface area contributed by atoms with Gasteiger partial charge in [0.1, 0.15) is 10.9 Å². The average molecular weight is 521 g/mol. The number of thioether (sulfide) groups is 1. The molecule has 2 amide bonds. The van der Waals surface area contributed by atoms with Crippen LogP contribution in [-0.2, 0) is 20.9 Å². The van der Waals surface area contributed by atoms with Crippen molar-refractivity contribution in [3.8, 4) is 0 Å². The van der Waals surface area contributed by atoms with Gasteiger partial charge in [-0.25, -0.2) is 0 Å². The van der Waals surface area contributed by atoms with Crippen LogP contribution in [0.3, 0.4) is 0 Å². The number of amides is 2. The molecule has 9 heteroatoms. The fraction of sp³-hybridized carbons (Fsp3) is 0.292. The van der Waals surface area contributed by atoms with E-state index in [-0.39, 0.29) is 24.5 Å². The van der Waals surface area contributed by atoms with Crippen LogP contribution in [0.5, 0.6) is 0 Å². The van der Waals surface area contributed by atoms with E-state index in [9.17, 15) is 9.59 Å². The van der Waals surface area contributed by atoms with Crippen LogP contribution < -0.4 is 0 Å². The van der Waals surface area contributed by atoms with E-state index in [1.54, 1.807) is 35.2 Å². The summed E-state index contributed by atoms with van der Waals surface area (Å²) >= 11 is 18.6. The molecule has 4 rings (SSSR count). The number of hydrogen-bond acceptors (Lipinski definition) is 5. The Kier molecular flexibility index (Phi) is 8.09. The van der Waals surface area contributed by atoms with E-state index in [1.165, 1.54) is 16.7 Å². The maximum Gasteiger partial charge on any atom is 0.266 e. The second-order valence-corrected chi connectivity index (χ2v) is 10.4. The van der Waals surface area contributed by atoms with Gasteiger partial charge in [-0.2, -0.15) is 0 Å². The fourth-order valence-corrected chi connectivity index (χ4v) is 5.19. The molecule has 33 heavy (non-hydrogen) atoms. The van der Waals surface area contributed by atoms with Crippen LogP contribution in [0.15, 0.2) is 53.4 Å². The zero-order valence-electron chi connectivity index (χ0n) is 17.7. The van der Waals surface area contributed by atoms with Gasteiger partial charge in [0.2, 0.25) is 5.91 Å². The molecule has 0 radical (unpaired) electrons. The smallest absolute Gasteiger partial charge is 0.266 e. The molecular formula is C24H22Cl2N2O3S2. The third kappa shape index (κ3) is 6.37. The number of hydrogen-bond donors (Lipinski definition) is 0. The van der Waals surface area contributed by atoms with Crippen LogP contribution in [0.25, 0.3) is 6.08 Å². The largest absolute Gasteiger partial charge is 0.376 e. The molecule has 172 valence electrons. The Balaban J connectivity index is 1.47.